The Morgan fingerprint density at radius 1 is 0.860 bits per heavy atom. The second-order valence-electron chi connectivity index (χ2n) is 11.3. The molecule has 1 fully saturated rings. The number of hydrogen-bond donors (Lipinski definition) is 0. The molecular formula is C39H37N2O7PS. The number of likely N-dealkylation sites (tertiary alicyclic amines) is 1. The second kappa shape index (κ2) is 17.0. The number of β-lactam (4-membered cyclic amide) rings is 1. The standard InChI is InChI=1S/C39H37N2O7PS/c1-4-24-46-38(44)31-20-12-13-21-33(31)49(29-16-8-6-9-17-29,30-18-10-7-11-19-30)27-41-32(26-35(42)50-34-22-14-15-23-40-34)36(37(41)43)28(3)48-39(45)47-25-5-2/h4-23,27-28,32,36H,1-2,24-26H2,3H3/t28-,32?,36?/m1/s1. The first-order valence-electron chi connectivity index (χ1n) is 15.9. The van der Waals surface area contributed by atoms with E-state index in [1.54, 1.807) is 48.4 Å². The van der Waals surface area contributed by atoms with Crippen molar-refractivity contribution < 1.29 is 33.4 Å². The largest absolute Gasteiger partial charge is 0.508 e. The molecule has 50 heavy (non-hydrogen) atoms. The highest BCUT2D eigenvalue weighted by Crippen LogP contribution is 2.47. The number of rotatable bonds is 14. The van der Waals surface area contributed by atoms with E-state index in [1.807, 2.05) is 78.7 Å². The van der Waals surface area contributed by atoms with E-state index in [4.69, 9.17) is 14.2 Å². The van der Waals surface area contributed by atoms with E-state index in [9.17, 15) is 19.2 Å². The molecule has 3 atom stereocenters. The number of ether oxygens (including phenoxy) is 3. The topological polar surface area (TPSA) is 112 Å². The van der Waals surface area contributed by atoms with Gasteiger partial charge in [0.25, 0.3) is 0 Å². The van der Waals surface area contributed by atoms with E-state index in [1.165, 1.54) is 12.2 Å². The predicted molar refractivity (Wildman–Crippen MR) is 198 cm³/mol. The normalized spacial score (nSPS) is 15.9. The monoisotopic (exact) mass is 708 g/mol. The van der Waals surface area contributed by atoms with Crippen LogP contribution in [-0.2, 0) is 23.8 Å². The Labute approximate surface area is 295 Å². The van der Waals surface area contributed by atoms with Gasteiger partial charge in [0.2, 0.25) is 5.91 Å². The van der Waals surface area contributed by atoms with Gasteiger partial charge in [-0.2, -0.15) is 0 Å². The zero-order valence-corrected chi connectivity index (χ0v) is 29.2. The van der Waals surface area contributed by atoms with Crippen molar-refractivity contribution in [3.63, 3.8) is 0 Å². The third kappa shape index (κ3) is 7.99. The van der Waals surface area contributed by atoms with Crippen molar-refractivity contribution in [2.75, 3.05) is 13.2 Å². The van der Waals surface area contributed by atoms with Gasteiger partial charge in [0.1, 0.15) is 24.3 Å². The van der Waals surface area contributed by atoms with E-state index in [0.29, 0.717) is 15.9 Å². The van der Waals surface area contributed by atoms with Gasteiger partial charge in [-0.3, -0.25) is 9.59 Å². The molecule has 256 valence electrons. The molecule has 1 amide bonds. The number of pyridine rings is 1. The minimum Gasteiger partial charge on any atom is -0.458 e. The van der Waals surface area contributed by atoms with Gasteiger partial charge in [-0.25, -0.2) is 14.6 Å². The van der Waals surface area contributed by atoms with Gasteiger partial charge in [0.05, 0.1) is 17.5 Å². The summed E-state index contributed by atoms with van der Waals surface area (Å²) in [6.07, 6.45) is 2.60. The quantitative estimate of drug-likeness (QED) is 0.0532. The van der Waals surface area contributed by atoms with Crippen LogP contribution in [0.2, 0.25) is 0 Å². The van der Waals surface area contributed by atoms with Crippen molar-refractivity contribution in [1.29, 1.82) is 0 Å². The summed E-state index contributed by atoms with van der Waals surface area (Å²) in [7, 11) is 0. The lowest BCUT2D eigenvalue weighted by Gasteiger charge is -2.48. The molecule has 2 unspecified atom stereocenters. The molecule has 0 radical (unpaired) electrons. The van der Waals surface area contributed by atoms with Crippen LogP contribution in [0, 0.1) is 5.92 Å². The molecule has 0 bridgehead atoms. The first-order valence-corrected chi connectivity index (χ1v) is 18.6. The molecule has 11 heteroatoms. The number of hydrogen-bond acceptors (Lipinski definition) is 9. The van der Waals surface area contributed by atoms with Crippen molar-refractivity contribution in [2.45, 2.75) is 30.5 Å². The average molecular weight is 709 g/mol. The molecule has 2 heterocycles. The Morgan fingerprint density at radius 3 is 2.08 bits per heavy atom. The highest BCUT2D eigenvalue weighted by Gasteiger charge is 2.52. The molecular weight excluding hydrogens is 671 g/mol. The molecule has 5 rings (SSSR count). The van der Waals surface area contributed by atoms with Gasteiger partial charge in [-0.05, 0) is 59.7 Å². The number of thioether (sulfide) groups is 1. The maximum Gasteiger partial charge on any atom is 0.508 e. The van der Waals surface area contributed by atoms with Crippen LogP contribution in [0.4, 0.5) is 4.79 Å². The molecule has 0 aliphatic carbocycles. The van der Waals surface area contributed by atoms with Crippen LogP contribution in [0.1, 0.15) is 23.7 Å². The lowest BCUT2D eigenvalue weighted by atomic mass is 9.82. The average Bonchev–Trinajstić information content (AvgIpc) is 3.14. The Kier molecular flexibility index (Phi) is 12.3. The van der Waals surface area contributed by atoms with E-state index in [2.05, 4.69) is 18.1 Å². The number of nitrogens with zero attached hydrogens (tertiary/aromatic N) is 2. The van der Waals surface area contributed by atoms with E-state index in [-0.39, 0.29) is 30.7 Å². The molecule has 1 saturated heterocycles. The summed E-state index contributed by atoms with van der Waals surface area (Å²) >= 11 is 0.979. The second-order valence-corrected chi connectivity index (χ2v) is 15.5. The van der Waals surface area contributed by atoms with Gasteiger partial charge in [0, 0.05) is 18.5 Å². The van der Waals surface area contributed by atoms with Crippen LogP contribution >= 0.6 is 18.6 Å². The first-order chi connectivity index (χ1) is 24.3. The Morgan fingerprint density at radius 2 is 1.46 bits per heavy atom. The van der Waals surface area contributed by atoms with Crippen molar-refractivity contribution >= 4 is 63.6 Å². The van der Waals surface area contributed by atoms with Gasteiger partial charge >= 0.3 is 12.1 Å². The number of carbonyl (C=O) groups excluding carboxylic acids is 4. The maximum atomic E-state index is 14.3. The zero-order valence-electron chi connectivity index (χ0n) is 27.5. The third-order valence-corrected chi connectivity index (χ3v) is 12.9. The van der Waals surface area contributed by atoms with Crippen LogP contribution < -0.4 is 15.9 Å². The van der Waals surface area contributed by atoms with Crippen molar-refractivity contribution in [3.8, 4) is 0 Å². The summed E-state index contributed by atoms with van der Waals surface area (Å²) in [5, 5.41) is 2.72. The number of benzene rings is 3. The Balaban J connectivity index is 1.69. The SMILES string of the molecule is C=CCOC(=O)O[C@H](C)C1C(=O)N(C=P(c2ccccc2)(c2ccccc2)c2ccccc2C(=O)OCC=C)C1CC(=O)Sc1ccccn1. The summed E-state index contributed by atoms with van der Waals surface area (Å²) in [6.45, 7) is 5.80. The highest BCUT2D eigenvalue weighted by atomic mass is 32.2. The molecule has 9 nitrogen and oxygen atoms in total. The van der Waals surface area contributed by atoms with E-state index in [0.717, 1.165) is 22.4 Å². The number of carbonyl (C=O) groups is 4. The van der Waals surface area contributed by atoms with Gasteiger partial charge < -0.3 is 19.1 Å². The summed E-state index contributed by atoms with van der Waals surface area (Å²) in [6, 6.07) is 31.2. The third-order valence-electron chi connectivity index (χ3n) is 8.11. The Hall–Kier alpha value is -5.18. The highest BCUT2D eigenvalue weighted by molar-refractivity contribution is 8.13. The zero-order chi connectivity index (χ0) is 35.5. The maximum absolute atomic E-state index is 14.3. The van der Waals surface area contributed by atoms with Crippen molar-refractivity contribution in [2.24, 2.45) is 5.92 Å². The Bertz CT molecular complexity index is 1860. The fourth-order valence-electron chi connectivity index (χ4n) is 5.90. The smallest absolute Gasteiger partial charge is 0.458 e. The molecule has 1 aromatic heterocycles. The molecule has 0 N–H and O–H groups in total. The van der Waals surface area contributed by atoms with Gasteiger partial charge in [-0.15, -0.1) is 0 Å². The van der Waals surface area contributed by atoms with E-state index >= 15 is 0 Å². The van der Waals surface area contributed by atoms with Crippen molar-refractivity contribution in [1.82, 2.24) is 9.88 Å². The summed E-state index contributed by atoms with van der Waals surface area (Å²) in [5.41, 5.74) is 0.344. The molecule has 0 saturated carbocycles. The van der Waals surface area contributed by atoms with Crippen LogP contribution in [0.5, 0.6) is 0 Å². The van der Waals surface area contributed by atoms with Crippen LogP contribution in [0.15, 0.2) is 140 Å². The fraction of sp³-hybridized carbons (Fsp3) is 0.179. The van der Waals surface area contributed by atoms with Crippen LogP contribution in [0.25, 0.3) is 0 Å². The lowest BCUT2D eigenvalue weighted by Crippen LogP contribution is -2.65. The van der Waals surface area contributed by atoms with Crippen LogP contribution in [-0.4, -0.2) is 64.3 Å². The molecule has 3 aromatic carbocycles. The van der Waals surface area contributed by atoms with E-state index < -0.39 is 37.1 Å². The van der Waals surface area contributed by atoms with Crippen molar-refractivity contribution in [3.05, 3.63) is 140 Å². The lowest BCUT2D eigenvalue weighted by molar-refractivity contribution is -0.155. The first kappa shape index (κ1) is 36.1. The van der Waals surface area contributed by atoms with Gasteiger partial charge in [-0.1, -0.05) is 110 Å². The molecule has 0 spiro atoms. The molecule has 1 aliphatic rings. The number of amides is 1. The van der Waals surface area contributed by atoms with Crippen LogP contribution in [0.3, 0.4) is 0 Å². The minimum atomic E-state index is -3.00. The molecule has 1 aliphatic heterocycles. The minimum absolute atomic E-state index is 0.0243. The van der Waals surface area contributed by atoms with Gasteiger partial charge in [0.15, 0.2) is 5.12 Å². The number of esters is 1. The predicted octanol–water partition coefficient (Wildman–Crippen LogP) is 5.74. The summed E-state index contributed by atoms with van der Waals surface area (Å²) in [5.74, 6) is 0.175. The fourth-order valence-corrected chi connectivity index (χ4v) is 10.7. The summed E-state index contributed by atoms with van der Waals surface area (Å²) < 4.78 is 16.1. The number of aromatic nitrogens is 1. The summed E-state index contributed by atoms with van der Waals surface area (Å²) in [4.78, 5) is 59.8. The molecule has 4 aromatic rings.